The normalized spacial score (nSPS) is 11.9. The molecule has 1 aromatic heterocycles. The van der Waals surface area contributed by atoms with Crippen molar-refractivity contribution in [2.45, 2.75) is 16.7 Å². The van der Waals surface area contributed by atoms with Crippen LogP contribution in [0, 0.1) is 6.92 Å². The van der Waals surface area contributed by atoms with Crippen molar-refractivity contribution in [3.63, 3.8) is 0 Å². The third-order valence-electron chi connectivity index (χ3n) is 4.58. The fourth-order valence-corrected chi connectivity index (χ4v) is 5.36. The van der Waals surface area contributed by atoms with E-state index in [4.69, 9.17) is 0 Å². The van der Waals surface area contributed by atoms with E-state index in [1.54, 1.807) is 54.6 Å². The molecule has 31 heavy (non-hydrogen) atoms. The number of aromatic nitrogens is 1. The number of sulfonamides is 2. The van der Waals surface area contributed by atoms with E-state index in [0.717, 1.165) is 5.56 Å². The van der Waals surface area contributed by atoms with Crippen molar-refractivity contribution in [2.75, 3.05) is 9.44 Å². The van der Waals surface area contributed by atoms with Gasteiger partial charge in [-0.2, -0.15) is 0 Å². The van der Waals surface area contributed by atoms with Crippen molar-refractivity contribution in [1.82, 2.24) is 4.98 Å². The Hall–Kier alpha value is -3.43. The van der Waals surface area contributed by atoms with Gasteiger partial charge in [-0.05, 0) is 49.4 Å². The maximum absolute atomic E-state index is 13.0. The van der Waals surface area contributed by atoms with E-state index in [0.29, 0.717) is 10.9 Å². The van der Waals surface area contributed by atoms with Gasteiger partial charge < -0.3 is 0 Å². The van der Waals surface area contributed by atoms with E-state index in [1.165, 1.54) is 30.5 Å². The summed E-state index contributed by atoms with van der Waals surface area (Å²) in [5.41, 5.74) is 1.75. The van der Waals surface area contributed by atoms with Gasteiger partial charge in [-0.15, -0.1) is 0 Å². The Morgan fingerprint density at radius 1 is 0.710 bits per heavy atom. The molecule has 0 unspecified atom stereocenters. The van der Waals surface area contributed by atoms with Gasteiger partial charge in [0.05, 0.1) is 21.8 Å². The Morgan fingerprint density at radius 3 is 2.03 bits per heavy atom. The molecule has 0 saturated carbocycles. The van der Waals surface area contributed by atoms with Crippen LogP contribution in [0.15, 0.2) is 94.9 Å². The van der Waals surface area contributed by atoms with Gasteiger partial charge in [-0.25, -0.2) is 16.8 Å². The molecule has 0 fully saturated rings. The van der Waals surface area contributed by atoms with E-state index in [1.807, 2.05) is 6.92 Å². The molecule has 7 nitrogen and oxygen atoms in total. The summed E-state index contributed by atoms with van der Waals surface area (Å²) < 4.78 is 56.2. The van der Waals surface area contributed by atoms with Crippen molar-refractivity contribution in [2.24, 2.45) is 0 Å². The number of hydrogen-bond donors (Lipinski definition) is 2. The molecule has 4 rings (SSSR count). The third-order valence-corrected chi connectivity index (χ3v) is 7.39. The fourth-order valence-electron chi connectivity index (χ4n) is 3.08. The molecular formula is C22H19N3O4S2. The molecule has 0 saturated heterocycles. The van der Waals surface area contributed by atoms with Crippen LogP contribution in [-0.2, 0) is 20.0 Å². The second-order valence-corrected chi connectivity index (χ2v) is 10.3. The molecule has 3 aromatic carbocycles. The highest BCUT2D eigenvalue weighted by Gasteiger charge is 2.19. The number of benzene rings is 3. The van der Waals surface area contributed by atoms with Crippen LogP contribution < -0.4 is 9.44 Å². The van der Waals surface area contributed by atoms with E-state index >= 15 is 0 Å². The molecule has 0 radical (unpaired) electrons. The van der Waals surface area contributed by atoms with Gasteiger partial charge in [0.2, 0.25) is 0 Å². The third kappa shape index (κ3) is 4.52. The van der Waals surface area contributed by atoms with Gasteiger partial charge in [-0.1, -0.05) is 42.0 Å². The van der Waals surface area contributed by atoms with Gasteiger partial charge in [0, 0.05) is 11.6 Å². The molecule has 0 amide bonds. The molecule has 0 aliphatic rings. The Labute approximate surface area is 180 Å². The minimum absolute atomic E-state index is 0.0382. The number of para-hydroxylation sites is 1. The van der Waals surface area contributed by atoms with Crippen LogP contribution in [0.25, 0.3) is 10.9 Å². The average Bonchev–Trinajstić information content (AvgIpc) is 2.73. The molecule has 2 N–H and O–H groups in total. The molecule has 0 aliphatic heterocycles. The molecule has 0 atom stereocenters. The van der Waals surface area contributed by atoms with Crippen LogP contribution in [0.2, 0.25) is 0 Å². The number of rotatable bonds is 6. The lowest BCUT2D eigenvalue weighted by molar-refractivity contribution is 0.600. The van der Waals surface area contributed by atoms with Crippen LogP contribution in [0.3, 0.4) is 0 Å². The van der Waals surface area contributed by atoms with Crippen molar-refractivity contribution >= 4 is 42.3 Å². The van der Waals surface area contributed by atoms with Gasteiger partial charge in [0.15, 0.2) is 0 Å². The Morgan fingerprint density at radius 2 is 1.32 bits per heavy atom. The highest BCUT2D eigenvalue weighted by Crippen LogP contribution is 2.25. The minimum Gasteiger partial charge on any atom is -0.280 e. The highest BCUT2D eigenvalue weighted by atomic mass is 32.2. The van der Waals surface area contributed by atoms with Crippen molar-refractivity contribution in [1.29, 1.82) is 0 Å². The SMILES string of the molecule is Cc1ccc(S(=O)(=O)Nc2cccc(NS(=O)(=O)c3cccc4cccnc34)c2)cc1. The molecule has 9 heteroatoms. The largest absolute Gasteiger partial charge is 0.280 e. The predicted octanol–water partition coefficient (Wildman–Crippen LogP) is 4.14. The standard InChI is InChI=1S/C22H19N3O4S2/c1-16-10-12-20(13-11-16)30(26,27)24-18-7-3-8-19(15-18)25-31(28,29)21-9-2-5-17-6-4-14-23-22(17)21/h2-15,24-25H,1H3. The maximum Gasteiger partial charge on any atom is 0.264 e. The summed E-state index contributed by atoms with van der Waals surface area (Å²) in [4.78, 5) is 4.34. The van der Waals surface area contributed by atoms with E-state index in [9.17, 15) is 16.8 Å². The maximum atomic E-state index is 13.0. The number of anilines is 2. The van der Waals surface area contributed by atoms with Gasteiger partial charge >= 0.3 is 0 Å². The first kappa shape index (κ1) is 20.8. The molecule has 1 heterocycles. The summed E-state index contributed by atoms with van der Waals surface area (Å²) in [6, 6.07) is 20.9. The molecule has 0 spiro atoms. The van der Waals surface area contributed by atoms with Crippen LogP contribution in [0.1, 0.15) is 5.56 Å². The predicted molar refractivity (Wildman–Crippen MR) is 121 cm³/mol. The average molecular weight is 454 g/mol. The molecule has 158 valence electrons. The Bertz CT molecular complexity index is 1460. The van der Waals surface area contributed by atoms with Crippen LogP contribution in [0.4, 0.5) is 11.4 Å². The number of nitrogens with one attached hydrogen (secondary N) is 2. The zero-order valence-corrected chi connectivity index (χ0v) is 18.1. The minimum atomic E-state index is -3.95. The topological polar surface area (TPSA) is 105 Å². The van der Waals surface area contributed by atoms with E-state index in [-0.39, 0.29) is 21.2 Å². The number of pyridine rings is 1. The fraction of sp³-hybridized carbons (Fsp3) is 0.0455. The lowest BCUT2D eigenvalue weighted by Gasteiger charge is -2.12. The van der Waals surface area contributed by atoms with Crippen LogP contribution in [-0.4, -0.2) is 21.8 Å². The van der Waals surface area contributed by atoms with Crippen LogP contribution >= 0.6 is 0 Å². The van der Waals surface area contributed by atoms with Crippen molar-refractivity contribution < 1.29 is 16.8 Å². The van der Waals surface area contributed by atoms with Gasteiger partial charge in [-0.3, -0.25) is 14.4 Å². The number of nitrogens with zero attached hydrogens (tertiary/aromatic N) is 1. The molecule has 0 bridgehead atoms. The van der Waals surface area contributed by atoms with Gasteiger partial charge in [0.1, 0.15) is 4.90 Å². The van der Waals surface area contributed by atoms with Gasteiger partial charge in [0.25, 0.3) is 20.0 Å². The summed E-state index contributed by atoms with van der Waals surface area (Å²) in [6.07, 6.45) is 1.53. The smallest absolute Gasteiger partial charge is 0.264 e. The summed E-state index contributed by atoms with van der Waals surface area (Å²) in [6.45, 7) is 1.87. The number of aryl methyl sites for hydroxylation is 1. The Kier molecular flexibility index (Phi) is 5.38. The summed E-state index contributed by atoms with van der Waals surface area (Å²) >= 11 is 0. The lowest BCUT2D eigenvalue weighted by atomic mass is 10.2. The quantitative estimate of drug-likeness (QED) is 0.456. The van der Waals surface area contributed by atoms with Crippen LogP contribution in [0.5, 0.6) is 0 Å². The second kappa shape index (κ2) is 8.01. The highest BCUT2D eigenvalue weighted by molar-refractivity contribution is 7.93. The molecule has 0 aliphatic carbocycles. The molecular weight excluding hydrogens is 434 g/mol. The summed E-state index contributed by atoms with van der Waals surface area (Å²) in [7, 11) is -7.76. The zero-order chi connectivity index (χ0) is 22.1. The molecule has 4 aromatic rings. The van der Waals surface area contributed by atoms with Crippen molar-refractivity contribution in [3.8, 4) is 0 Å². The first-order valence-electron chi connectivity index (χ1n) is 9.31. The Balaban J connectivity index is 1.62. The lowest BCUT2D eigenvalue weighted by Crippen LogP contribution is -2.15. The van der Waals surface area contributed by atoms with E-state index < -0.39 is 20.0 Å². The first-order valence-corrected chi connectivity index (χ1v) is 12.3. The number of fused-ring (bicyclic) bond motifs is 1. The first-order chi connectivity index (χ1) is 14.7. The zero-order valence-electron chi connectivity index (χ0n) is 16.5. The monoisotopic (exact) mass is 453 g/mol. The summed E-state index contributed by atoms with van der Waals surface area (Å²) in [5.74, 6) is 0. The second-order valence-electron chi connectivity index (χ2n) is 6.94. The van der Waals surface area contributed by atoms with Crippen molar-refractivity contribution in [3.05, 3.63) is 90.6 Å². The van der Waals surface area contributed by atoms with E-state index in [2.05, 4.69) is 14.4 Å². The number of hydrogen-bond acceptors (Lipinski definition) is 5. The summed E-state index contributed by atoms with van der Waals surface area (Å²) in [5, 5.41) is 0.699.